The third-order valence-corrected chi connectivity index (χ3v) is 7.11. The summed E-state index contributed by atoms with van der Waals surface area (Å²) in [5.74, 6) is -0.543. The number of halogens is 1. The largest absolute Gasteiger partial charge is 0.271 e. The zero-order chi connectivity index (χ0) is 23.3. The number of benzene rings is 3. The Bertz CT molecular complexity index is 1240. The fourth-order valence-corrected chi connectivity index (χ4v) is 4.68. The molecule has 3 aromatic carbocycles. The molecule has 0 aliphatic rings. The molecule has 166 valence electrons. The monoisotopic (exact) mass is 513 g/mol. The minimum absolute atomic E-state index is 0.118. The van der Waals surface area contributed by atoms with E-state index in [4.69, 9.17) is 0 Å². The van der Waals surface area contributed by atoms with E-state index in [0.717, 1.165) is 25.5 Å². The molecule has 0 heterocycles. The average Bonchev–Trinajstić information content (AvgIpc) is 2.76. The van der Waals surface area contributed by atoms with Crippen LogP contribution in [0.25, 0.3) is 0 Å². The van der Waals surface area contributed by atoms with Crippen LogP contribution in [0, 0.1) is 13.8 Å². The lowest BCUT2D eigenvalue weighted by molar-refractivity contribution is -0.119. The van der Waals surface area contributed by atoms with Crippen LogP contribution in [-0.4, -0.2) is 26.6 Å². The van der Waals surface area contributed by atoms with Crippen LogP contribution in [0.4, 0.5) is 5.69 Å². The molecule has 0 saturated heterocycles. The van der Waals surface area contributed by atoms with Gasteiger partial charge in [0, 0.05) is 4.47 Å². The van der Waals surface area contributed by atoms with E-state index in [1.165, 1.54) is 0 Å². The lowest BCUT2D eigenvalue weighted by atomic mass is 10.1. The maximum absolute atomic E-state index is 13.4. The van der Waals surface area contributed by atoms with Crippen LogP contribution in [0.5, 0.6) is 0 Å². The van der Waals surface area contributed by atoms with Gasteiger partial charge in [0.2, 0.25) is 0 Å². The molecule has 1 N–H and O–H groups in total. The molecule has 0 fully saturated rings. The Balaban J connectivity index is 1.87. The Morgan fingerprint density at radius 2 is 1.62 bits per heavy atom. The molecule has 0 aliphatic carbocycles. The van der Waals surface area contributed by atoms with Crippen molar-refractivity contribution in [1.82, 2.24) is 5.43 Å². The van der Waals surface area contributed by atoms with E-state index in [0.29, 0.717) is 11.4 Å². The van der Waals surface area contributed by atoms with Crippen LogP contribution in [0.1, 0.15) is 23.6 Å². The van der Waals surface area contributed by atoms with E-state index in [2.05, 4.69) is 26.5 Å². The van der Waals surface area contributed by atoms with Crippen molar-refractivity contribution in [3.8, 4) is 0 Å². The van der Waals surface area contributed by atoms with E-state index < -0.39 is 22.5 Å². The highest BCUT2D eigenvalue weighted by Crippen LogP contribution is 2.24. The molecular formula is C24H24BrN3O3S. The number of nitrogens with zero attached hydrogens (tertiary/aromatic N) is 2. The molecule has 0 aromatic heterocycles. The van der Waals surface area contributed by atoms with Crippen molar-refractivity contribution in [2.45, 2.75) is 25.7 Å². The summed E-state index contributed by atoms with van der Waals surface area (Å²) in [6.45, 7) is 5.11. The van der Waals surface area contributed by atoms with Gasteiger partial charge in [0.15, 0.2) is 0 Å². The van der Waals surface area contributed by atoms with Crippen molar-refractivity contribution in [2.75, 3.05) is 10.8 Å². The predicted octanol–water partition coefficient (Wildman–Crippen LogP) is 4.80. The Morgan fingerprint density at radius 3 is 2.25 bits per heavy atom. The first kappa shape index (κ1) is 23.7. The number of hydrogen-bond acceptors (Lipinski definition) is 4. The first-order valence-corrected chi connectivity index (χ1v) is 12.2. The third-order valence-electron chi connectivity index (χ3n) is 4.80. The van der Waals surface area contributed by atoms with Gasteiger partial charge in [-0.15, -0.1) is 0 Å². The fourth-order valence-electron chi connectivity index (χ4n) is 3.00. The van der Waals surface area contributed by atoms with Crippen molar-refractivity contribution in [1.29, 1.82) is 0 Å². The number of amides is 1. The topological polar surface area (TPSA) is 78.8 Å². The lowest BCUT2D eigenvalue weighted by Gasteiger charge is -2.24. The van der Waals surface area contributed by atoms with Gasteiger partial charge in [-0.3, -0.25) is 9.10 Å². The molecule has 3 rings (SSSR count). The number of carbonyl (C=O) groups excluding carboxylic acids is 1. The number of nitrogens with one attached hydrogen (secondary N) is 1. The van der Waals surface area contributed by atoms with Crippen molar-refractivity contribution in [3.63, 3.8) is 0 Å². The second kappa shape index (κ2) is 10.1. The predicted molar refractivity (Wildman–Crippen MR) is 131 cm³/mol. The van der Waals surface area contributed by atoms with Gasteiger partial charge >= 0.3 is 0 Å². The van der Waals surface area contributed by atoms with Gasteiger partial charge in [-0.25, -0.2) is 13.8 Å². The number of hydrogen-bond donors (Lipinski definition) is 1. The molecule has 0 atom stereocenters. The van der Waals surface area contributed by atoms with Gasteiger partial charge in [0.25, 0.3) is 15.9 Å². The third kappa shape index (κ3) is 5.83. The number of anilines is 1. The maximum atomic E-state index is 13.4. The molecule has 0 saturated carbocycles. The standard InChI is InChI=1S/C24H24BrN3O3S/c1-17-7-13-23(14-8-17)32(30,31)28(22-6-4-5-18(2)15-22)16-24(29)27-26-19(3)20-9-11-21(25)12-10-20/h4-15H,16H2,1-3H3,(H,27,29)/b26-19-. The summed E-state index contributed by atoms with van der Waals surface area (Å²) in [7, 11) is -3.96. The number of hydrazone groups is 1. The van der Waals surface area contributed by atoms with Gasteiger partial charge in [0.05, 0.1) is 16.3 Å². The van der Waals surface area contributed by atoms with Crippen LogP contribution in [0.3, 0.4) is 0 Å². The average molecular weight is 514 g/mol. The van der Waals surface area contributed by atoms with Crippen molar-refractivity contribution < 1.29 is 13.2 Å². The summed E-state index contributed by atoms with van der Waals surface area (Å²) in [5, 5.41) is 4.13. The summed E-state index contributed by atoms with van der Waals surface area (Å²) in [4.78, 5) is 12.8. The molecule has 0 bridgehead atoms. The molecule has 6 nitrogen and oxygen atoms in total. The fraction of sp³-hybridized carbons (Fsp3) is 0.167. The summed E-state index contributed by atoms with van der Waals surface area (Å²) < 4.78 is 28.8. The summed E-state index contributed by atoms with van der Waals surface area (Å²) in [6, 6.07) is 21.1. The van der Waals surface area contributed by atoms with Gasteiger partial charge in [-0.1, -0.05) is 57.9 Å². The van der Waals surface area contributed by atoms with E-state index >= 15 is 0 Å². The van der Waals surface area contributed by atoms with Crippen LogP contribution >= 0.6 is 15.9 Å². The number of aryl methyl sites for hydroxylation is 2. The Kier molecular flexibility index (Phi) is 7.48. The summed E-state index contributed by atoms with van der Waals surface area (Å²) in [5.41, 5.74) is 6.17. The highest BCUT2D eigenvalue weighted by atomic mass is 79.9. The quantitative estimate of drug-likeness (QED) is 0.364. The maximum Gasteiger partial charge on any atom is 0.264 e. The summed E-state index contributed by atoms with van der Waals surface area (Å²) >= 11 is 3.38. The minimum atomic E-state index is -3.96. The Labute approximate surface area is 197 Å². The van der Waals surface area contributed by atoms with Crippen LogP contribution in [0.15, 0.2) is 87.3 Å². The molecule has 3 aromatic rings. The molecule has 32 heavy (non-hydrogen) atoms. The summed E-state index contributed by atoms with van der Waals surface area (Å²) in [6.07, 6.45) is 0. The molecule has 8 heteroatoms. The van der Waals surface area contributed by atoms with Crippen molar-refractivity contribution in [2.24, 2.45) is 5.10 Å². The normalized spacial score (nSPS) is 11.8. The minimum Gasteiger partial charge on any atom is -0.271 e. The lowest BCUT2D eigenvalue weighted by Crippen LogP contribution is -2.39. The van der Waals surface area contributed by atoms with E-state index in [9.17, 15) is 13.2 Å². The zero-order valence-corrected chi connectivity index (χ0v) is 20.4. The Hall–Kier alpha value is -2.97. The van der Waals surface area contributed by atoms with Crippen LogP contribution in [0.2, 0.25) is 0 Å². The van der Waals surface area contributed by atoms with Crippen LogP contribution < -0.4 is 9.73 Å². The highest BCUT2D eigenvalue weighted by Gasteiger charge is 2.27. The smallest absolute Gasteiger partial charge is 0.264 e. The highest BCUT2D eigenvalue weighted by molar-refractivity contribution is 9.10. The molecule has 1 amide bonds. The first-order valence-electron chi connectivity index (χ1n) is 9.92. The molecule has 0 radical (unpaired) electrons. The Morgan fingerprint density at radius 1 is 0.969 bits per heavy atom. The van der Waals surface area contributed by atoms with Gasteiger partial charge in [-0.05, 0) is 68.3 Å². The second-order valence-electron chi connectivity index (χ2n) is 7.40. The molecule has 0 spiro atoms. The van der Waals surface area contributed by atoms with E-state index in [1.54, 1.807) is 49.4 Å². The van der Waals surface area contributed by atoms with Gasteiger partial charge < -0.3 is 0 Å². The molecule has 0 unspecified atom stereocenters. The molecule has 0 aliphatic heterocycles. The number of rotatable bonds is 7. The second-order valence-corrected chi connectivity index (χ2v) is 10.2. The van der Waals surface area contributed by atoms with Crippen molar-refractivity contribution in [3.05, 3.63) is 94.0 Å². The molecular weight excluding hydrogens is 490 g/mol. The number of carbonyl (C=O) groups is 1. The first-order chi connectivity index (χ1) is 15.2. The SMILES string of the molecule is C/C(=N/NC(=O)CN(c1cccc(C)c1)S(=O)(=O)c1ccc(C)cc1)c1ccc(Br)cc1. The zero-order valence-electron chi connectivity index (χ0n) is 18.0. The van der Waals surface area contributed by atoms with Gasteiger partial charge in [0.1, 0.15) is 6.54 Å². The van der Waals surface area contributed by atoms with Crippen LogP contribution in [-0.2, 0) is 14.8 Å². The van der Waals surface area contributed by atoms with Gasteiger partial charge in [-0.2, -0.15) is 5.10 Å². The number of sulfonamides is 1. The van der Waals surface area contributed by atoms with Crippen molar-refractivity contribution >= 4 is 43.3 Å². The van der Waals surface area contributed by atoms with E-state index in [1.807, 2.05) is 44.2 Å². The van der Waals surface area contributed by atoms with E-state index in [-0.39, 0.29) is 4.90 Å².